The molecule has 3 nitrogen and oxygen atoms in total. The quantitative estimate of drug-likeness (QED) is 0.931. The van der Waals surface area contributed by atoms with Crippen molar-refractivity contribution in [2.75, 3.05) is 0 Å². The number of aromatic carboxylic acids is 1. The lowest BCUT2D eigenvalue weighted by Gasteiger charge is -2.11. The summed E-state index contributed by atoms with van der Waals surface area (Å²) in [5.74, 6) is -2.65. The zero-order valence-corrected chi connectivity index (χ0v) is 10.8. The molecule has 0 saturated heterocycles. The minimum Gasteiger partial charge on any atom is -0.488 e. The lowest BCUT2D eigenvalue weighted by Crippen LogP contribution is -2.05. The van der Waals surface area contributed by atoms with Gasteiger partial charge in [0.2, 0.25) is 0 Å². The summed E-state index contributed by atoms with van der Waals surface area (Å²) in [7, 11) is 0. The van der Waals surface area contributed by atoms with Crippen LogP contribution in [0, 0.1) is 11.6 Å². The second kappa shape index (κ2) is 5.88. The summed E-state index contributed by atoms with van der Waals surface area (Å²) >= 11 is 5.83. The van der Waals surface area contributed by atoms with Crippen LogP contribution in [0.5, 0.6) is 5.75 Å². The lowest BCUT2D eigenvalue weighted by atomic mass is 10.2. The van der Waals surface area contributed by atoms with Crippen molar-refractivity contribution >= 4 is 17.6 Å². The molecule has 6 heteroatoms. The van der Waals surface area contributed by atoms with E-state index in [0.29, 0.717) is 0 Å². The number of carboxylic acids is 1. The molecule has 0 spiro atoms. The van der Waals surface area contributed by atoms with Gasteiger partial charge in [-0.2, -0.15) is 0 Å². The van der Waals surface area contributed by atoms with Crippen LogP contribution in [-0.4, -0.2) is 11.1 Å². The third-order valence-electron chi connectivity index (χ3n) is 2.61. The molecule has 0 saturated carbocycles. The summed E-state index contributed by atoms with van der Waals surface area (Å²) < 4.78 is 31.8. The number of carboxylic acid groups (broad SMARTS) is 1. The number of ether oxygens (including phenoxy) is 1. The van der Waals surface area contributed by atoms with Crippen LogP contribution in [-0.2, 0) is 6.61 Å². The first-order valence-electron chi connectivity index (χ1n) is 5.57. The summed E-state index contributed by atoms with van der Waals surface area (Å²) in [6.45, 7) is -0.253. The Morgan fingerprint density at radius 2 is 2.00 bits per heavy atom. The highest BCUT2D eigenvalue weighted by Gasteiger charge is 2.14. The highest BCUT2D eigenvalue weighted by Crippen LogP contribution is 2.24. The van der Waals surface area contributed by atoms with Crippen LogP contribution in [0.25, 0.3) is 0 Å². The summed E-state index contributed by atoms with van der Waals surface area (Å²) in [6, 6.07) is 7.22. The molecule has 0 unspecified atom stereocenters. The third kappa shape index (κ3) is 3.05. The van der Waals surface area contributed by atoms with Gasteiger partial charge in [-0.1, -0.05) is 17.7 Å². The molecule has 0 bridgehead atoms. The average molecular weight is 299 g/mol. The molecule has 0 aliphatic rings. The van der Waals surface area contributed by atoms with Crippen molar-refractivity contribution in [3.63, 3.8) is 0 Å². The number of benzene rings is 2. The maximum atomic E-state index is 13.5. The van der Waals surface area contributed by atoms with Gasteiger partial charge in [-0.05, 0) is 30.3 Å². The van der Waals surface area contributed by atoms with Crippen molar-refractivity contribution in [3.05, 3.63) is 64.2 Å². The van der Waals surface area contributed by atoms with E-state index < -0.39 is 17.6 Å². The lowest BCUT2D eigenvalue weighted by molar-refractivity contribution is 0.0691. The van der Waals surface area contributed by atoms with Gasteiger partial charge in [0.15, 0.2) is 0 Å². The van der Waals surface area contributed by atoms with Crippen molar-refractivity contribution in [1.82, 2.24) is 0 Å². The van der Waals surface area contributed by atoms with Gasteiger partial charge in [0, 0.05) is 5.56 Å². The van der Waals surface area contributed by atoms with E-state index in [1.54, 1.807) is 0 Å². The summed E-state index contributed by atoms with van der Waals surface area (Å²) in [4.78, 5) is 11.0. The van der Waals surface area contributed by atoms with Gasteiger partial charge in [-0.3, -0.25) is 0 Å². The molecule has 0 atom stereocenters. The van der Waals surface area contributed by atoms with E-state index in [2.05, 4.69) is 0 Å². The highest BCUT2D eigenvalue weighted by molar-refractivity contribution is 6.31. The van der Waals surface area contributed by atoms with E-state index in [1.807, 2.05) is 0 Å². The molecule has 0 aliphatic heterocycles. The topological polar surface area (TPSA) is 46.5 Å². The summed E-state index contributed by atoms with van der Waals surface area (Å²) in [6.07, 6.45) is 0. The SMILES string of the molecule is O=C(O)c1cc(F)ccc1OCc1c(F)cccc1Cl. The van der Waals surface area contributed by atoms with Gasteiger partial charge in [0.25, 0.3) is 0 Å². The summed E-state index contributed by atoms with van der Waals surface area (Å²) in [5, 5.41) is 9.12. The second-order valence-corrected chi connectivity index (χ2v) is 4.34. The molecule has 104 valence electrons. The molecule has 0 aromatic heterocycles. The molecule has 0 radical (unpaired) electrons. The van der Waals surface area contributed by atoms with E-state index in [1.165, 1.54) is 24.3 Å². The van der Waals surface area contributed by atoms with Crippen molar-refractivity contribution in [2.24, 2.45) is 0 Å². The van der Waals surface area contributed by atoms with Crippen molar-refractivity contribution in [1.29, 1.82) is 0 Å². The van der Waals surface area contributed by atoms with Crippen LogP contribution in [0.4, 0.5) is 8.78 Å². The summed E-state index contributed by atoms with van der Waals surface area (Å²) in [5.41, 5.74) is -0.229. The fraction of sp³-hybridized carbons (Fsp3) is 0.0714. The predicted molar refractivity (Wildman–Crippen MR) is 69.1 cm³/mol. The standard InChI is InChI=1S/C14H9ClF2O3/c15-11-2-1-3-12(17)10(11)7-20-13-5-4-8(16)6-9(13)14(18)19/h1-6H,7H2,(H,18,19). The molecule has 0 heterocycles. The Morgan fingerprint density at radius 1 is 1.25 bits per heavy atom. The van der Waals surface area contributed by atoms with E-state index in [9.17, 15) is 13.6 Å². The number of hydrogen-bond acceptors (Lipinski definition) is 2. The molecule has 1 N–H and O–H groups in total. The Bertz CT molecular complexity index is 639. The zero-order chi connectivity index (χ0) is 14.7. The average Bonchev–Trinajstić information content (AvgIpc) is 2.39. The predicted octanol–water partition coefficient (Wildman–Crippen LogP) is 3.90. The Morgan fingerprint density at radius 3 is 2.65 bits per heavy atom. The Balaban J connectivity index is 2.25. The van der Waals surface area contributed by atoms with Crippen molar-refractivity contribution < 1.29 is 23.4 Å². The Kier molecular flexibility index (Phi) is 4.20. The molecule has 0 fully saturated rings. The maximum Gasteiger partial charge on any atom is 0.339 e. The van der Waals surface area contributed by atoms with E-state index in [4.69, 9.17) is 21.4 Å². The minimum absolute atomic E-state index is 0.0572. The first kappa shape index (κ1) is 14.3. The largest absolute Gasteiger partial charge is 0.488 e. The van der Waals surface area contributed by atoms with Gasteiger partial charge in [0.05, 0.1) is 5.02 Å². The second-order valence-electron chi connectivity index (χ2n) is 3.93. The van der Waals surface area contributed by atoms with Crippen LogP contribution in [0.15, 0.2) is 36.4 Å². The van der Waals surface area contributed by atoms with Crippen molar-refractivity contribution in [2.45, 2.75) is 6.61 Å². The number of carbonyl (C=O) groups is 1. The van der Waals surface area contributed by atoms with E-state index in [0.717, 1.165) is 12.1 Å². The third-order valence-corrected chi connectivity index (χ3v) is 2.96. The molecule has 0 amide bonds. The van der Waals surface area contributed by atoms with Gasteiger partial charge < -0.3 is 9.84 Å². The van der Waals surface area contributed by atoms with Crippen LogP contribution in [0.1, 0.15) is 15.9 Å². The monoisotopic (exact) mass is 298 g/mol. The van der Waals surface area contributed by atoms with Crippen LogP contribution in [0.3, 0.4) is 0 Å². The fourth-order valence-corrected chi connectivity index (χ4v) is 1.83. The van der Waals surface area contributed by atoms with Crippen LogP contribution in [0.2, 0.25) is 5.02 Å². The number of hydrogen-bond donors (Lipinski definition) is 1. The molecular formula is C14H9ClF2O3. The van der Waals surface area contributed by atoms with Crippen LogP contribution >= 0.6 is 11.6 Å². The minimum atomic E-state index is -1.33. The maximum absolute atomic E-state index is 13.5. The highest BCUT2D eigenvalue weighted by atomic mass is 35.5. The van der Waals surface area contributed by atoms with E-state index >= 15 is 0 Å². The first-order chi connectivity index (χ1) is 9.49. The van der Waals surface area contributed by atoms with Gasteiger partial charge in [0.1, 0.15) is 29.6 Å². The van der Waals surface area contributed by atoms with Crippen LogP contribution < -0.4 is 4.74 Å². The zero-order valence-electron chi connectivity index (χ0n) is 10.1. The van der Waals surface area contributed by atoms with Gasteiger partial charge in [-0.15, -0.1) is 0 Å². The Labute approximate surface area is 118 Å². The fourth-order valence-electron chi connectivity index (χ4n) is 1.62. The molecular weight excluding hydrogens is 290 g/mol. The Hall–Kier alpha value is -2.14. The number of rotatable bonds is 4. The molecule has 20 heavy (non-hydrogen) atoms. The normalized spacial score (nSPS) is 10.3. The molecule has 2 aromatic carbocycles. The van der Waals surface area contributed by atoms with Crippen molar-refractivity contribution in [3.8, 4) is 5.75 Å². The van der Waals surface area contributed by atoms with Gasteiger partial charge >= 0.3 is 5.97 Å². The molecule has 0 aliphatic carbocycles. The van der Waals surface area contributed by atoms with E-state index in [-0.39, 0.29) is 28.5 Å². The first-order valence-corrected chi connectivity index (χ1v) is 5.95. The molecule has 2 rings (SSSR count). The molecule has 2 aromatic rings. The number of halogens is 3. The van der Waals surface area contributed by atoms with Gasteiger partial charge in [-0.25, -0.2) is 13.6 Å². The smallest absolute Gasteiger partial charge is 0.339 e.